The molecule has 0 heterocycles. The lowest BCUT2D eigenvalue weighted by Gasteiger charge is -2.12. The summed E-state index contributed by atoms with van der Waals surface area (Å²) in [5.41, 5.74) is 7.18. The van der Waals surface area contributed by atoms with Gasteiger partial charge in [0, 0.05) is 12.6 Å². The van der Waals surface area contributed by atoms with E-state index >= 15 is 0 Å². The summed E-state index contributed by atoms with van der Waals surface area (Å²) in [6.07, 6.45) is -0.235. The van der Waals surface area contributed by atoms with Gasteiger partial charge in [-0.1, -0.05) is 12.1 Å². The van der Waals surface area contributed by atoms with Gasteiger partial charge in [0.05, 0.1) is 0 Å². The lowest BCUT2D eigenvalue weighted by atomic mass is 10.1. The molecule has 1 aromatic carbocycles. The molecule has 2 N–H and O–H groups in total. The molecule has 1 rings (SSSR count). The second kappa shape index (κ2) is 3.94. The van der Waals surface area contributed by atoms with Crippen molar-refractivity contribution in [2.24, 2.45) is 0 Å². The van der Waals surface area contributed by atoms with E-state index in [1.807, 2.05) is 19.1 Å². The number of hydrogen-bond acceptors (Lipinski definition) is 3. The van der Waals surface area contributed by atoms with Crippen molar-refractivity contribution >= 4 is 11.7 Å². The van der Waals surface area contributed by atoms with Crippen LogP contribution in [0.1, 0.15) is 25.5 Å². The van der Waals surface area contributed by atoms with E-state index in [1.54, 1.807) is 12.1 Å². The van der Waals surface area contributed by atoms with Crippen molar-refractivity contribution in [3.05, 3.63) is 29.8 Å². The minimum atomic E-state index is -0.282. The van der Waals surface area contributed by atoms with E-state index in [1.165, 1.54) is 6.92 Å². The minimum absolute atomic E-state index is 0.235. The topological polar surface area (TPSA) is 52.3 Å². The van der Waals surface area contributed by atoms with Crippen molar-refractivity contribution < 1.29 is 9.53 Å². The average Bonchev–Trinajstić information content (AvgIpc) is 2.03. The quantitative estimate of drug-likeness (QED) is 0.557. The number of hydrogen-bond donors (Lipinski definition) is 1. The third kappa shape index (κ3) is 2.78. The van der Waals surface area contributed by atoms with Gasteiger partial charge in [0.2, 0.25) is 0 Å². The summed E-state index contributed by atoms with van der Waals surface area (Å²) in [5, 5.41) is 0. The van der Waals surface area contributed by atoms with Crippen LogP contribution < -0.4 is 5.73 Å². The number of esters is 1. The molecule has 0 aliphatic heterocycles. The van der Waals surface area contributed by atoms with E-state index in [9.17, 15) is 4.79 Å². The zero-order chi connectivity index (χ0) is 9.84. The van der Waals surface area contributed by atoms with E-state index in [2.05, 4.69) is 0 Å². The number of anilines is 1. The second-order valence-corrected chi connectivity index (χ2v) is 2.92. The van der Waals surface area contributed by atoms with Crippen LogP contribution in [0.15, 0.2) is 24.3 Å². The molecule has 0 saturated heterocycles. The van der Waals surface area contributed by atoms with E-state index in [4.69, 9.17) is 10.5 Å². The molecule has 0 aliphatic rings. The second-order valence-electron chi connectivity index (χ2n) is 2.92. The fourth-order valence-corrected chi connectivity index (χ4v) is 1.13. The van der Waals surface area contributed by atoms with E-state index in [0.717, 1.165) is 5.56 Å². The maximum Gasteiger partial charge on any atom is 0.303 e. The summed E-state index contributed by atoms with van der Waals surface area (Å²) >= 11 is 0. The molecule has 0 radical (unpaired) electrons. The number of nitrogen functional groups attached to an aromatic ring is 1. The van der Waals surface area contributed by atoms with Gasteiger partial charge in [0.1, 0.15) is 6.10 Å². The average molecular weight is 179 g/mol. The molecule has 0 saturated carbocycles. The highest BCUT2D eigenvalue weighted by molar-refractivity contribution is 5.66. The fraction of sp³-hybridized carbons (Fsp3) is 0.300. The van der Waals surface area contributed by atoms with Crippen LogP contribution in [0.2, 0.25) is 0 Å². The monoisotopic (exact) mass is 179 g/mol. The highest BCUT2D eigenvalue weighted by atomic mass is 16.5. The molecule has 3 heteroatoms. The standard InChI is InChI=1S/C10H13NO2/c1-7(13-8(2)12)9-4-3-5-10(11)6-9/h3-7H,11H2,1-2H3. The maximum absolute atomic E-state index is 10.7. The minimum Gasteiger partial charge on any atom is -0.458 e. The molecular weight excluding hydrogens is 166 g/mol. The first-order chi connectivity index (χ1) is 6.09. The highest BCUT2D eigenvalue weighted by Gasteiger charge is 2.07. The van der Waals surface area contributed by atoms with Crippen LogP contribution in [0.4, 0.5) is 5.69 Å². The number of nitrogens with two attached hydrogens (primary N) is 1. The smallest absolute Gasteiger partial charge is 0.303 e. The Balaban J connectivity index is 2.76. The van der Waals surface area contributed by atoms with E-state index in [0.29, 0.717) is 5.69 Å². The molecule has 1 unspecified atom stereocenters. The summed E-state index contributed by atoms with van der Waals surface area (Å²) in [6.45, 7) is 3.21. The van der Waals surface area contributed by atoms with Crippen LogP contribution in [0.3, 0.4) is 0 Å². The molecule has 0 fully saturated rings. The summed E-state index contributed by atoms with van der Waals surface area (Å²) in [5.74, 6) is -0.282. The lowest BCUT2D eigenvalue weighted by molar-refractivity contribution is -0.145. The molecule has 1 atom stereocenters. The van der Waals surface area contributed by atoms with Gasteiger partial charge in [-0.05, 0) is 24.6 Å². The van der Waals surface area contributed by atoms with Gasteiger partial charge in [0.15, 0.2) is 0 Å². The first-order valence-corrected chi connectivity index (χ1v) is 4.12. The van der Waals surface area contributed by atoms with Gasteiger partial charge >= 0.3 is 5.97 Å². The summed E-state index contributed by atoms with van der Waals surface area (Å²) in [7, 11) is 0. The van der Waals surface area contributed by atoms with Crippen LogP contribution in [0.5, 0.6) is 0 Å². The Bertz CT molecular complexity index is 310. The van der Waals surface area contributed by atoms with Crippen LogP contribution in [0, 0.1) is 0 Å². The Morgan fingerprint density at radius 3 is 2.77 bits per heavy atom. The van der Waals surface area contributed by atoms with Crippen molar-refractivity contribution in [3.8, 4) is 0 Å². The largest absolute Gasteiger partial charge is 0.458 e. The fourth-order valence-electron chi connectivity index (χ4n) is 1.13. The first kappa shape index (κ1) is 9.58. The normalized spacial score (nSPS) is 12.2. The highest BCUT2D eigenvalue weighted by Crippen LogP contribution is 2.18. The zero-order valence-corrected chi connectivity index (χ0v) is 7.78. The van der Waals surface area contributed by atoms with Crippen LogP contribution in [-0.2, 0) is 9.53 Å². The van der Waals surface area contributed by atoms with Gasteiger partial charge in [-0.15, -0.1) is 0 Å². The van der Waals surface area contributed by atoms with Crippen LogP contribution >= 0.6 is 0 Å². The SMILES string of the molecule is CC(=O)OC(C)c1cccc(N)c1. The molecule has 3 nitrogen and oxygen atoms in total. The number of ether oxygens (including phenoxy) is 1. The van der Waals surface area contributed by atoms with Gasteiger partial charge in [-0.25, -0.2) is 0 Å². The van der Waals surface area contributed by atoms with E-state index in [-0.39, 0.29) is 12.1 Å². The van der Waals surface area contributed by atoms with Gasteiger partial charge in [-0.3, -0.25) is 4.79 Å². The molecule has 70 valence electrons. The third-order valence-corrected chi connectivity index (χ3v) is 1.72. The molecule has 1 aromatic rings. The van der Waals surface area contributed by atoms with Crippen LogP contribution in [0.25, 0.3) is 0 Å². The third-order valence-electron chi connectivity index (χ3n) is 1.72. The zero-order valence-electron chi connectivity index (χ0n) is 7.78. The summed E-state index contributed by atoms with van der Waals surface area (Å²) in [6, 6.07) is 7.31. The first-order valence-electron chi connectivity index (χ1n) is 4.12. The molecule has 0 aromatic heterocycles. The molecule has 0 spiro atoms. The van der Waals surface area contributed by atoms with Crippen molar-refractivity contribution in [2.75, 3.05) is 5.73 Å². The molecule has 13 heavy (non-hydrogen) atoms. The van der Waals surface area contributed by atoms with Crippen LogP contribution in [-0.4, -0.2) is 5.97 Å². The van der Waals surface area contributed by atoms with Gasteiger partial charge in [-0.2, -0.15) is 0 Å². The van der Waals surface area contributed by atoms with E-state index < -0.39 is 0 Å². The predicted molar refractivity (Wildman–Crippen MR) is 51.0 cm³/mol. The molecule has 0 bridgehead atoms. The van der Waals surface area contributed by atoms with Crippen molar-refractivity contribution in [1.29, 1.82) is 0 Å². The lowest BCUT2D eigenvalue weighted by Crippen LogP contribution is -2.04. The van der Waals surface area contributed by atoms with Gasteiger partial charge in [0.25, 0.3) is 0 Å². The Hall–Kier alpha value is -1.51. The Kier molecular flexibility index (Phi) is 2.90. The Labute approximate surface area is 77.5 Å². The number of benzene rings is 1. The number of carbonyl (C=O) groups excluding carboxylic acids is 1. The maximum atomic E-state index is 10.7. The van der Waals surface area contributed by atoms with Crippen molar-refractivity contribution in [3.63, 3.8) is 0 Å². The summed E-state index contributed by atoms with van der Waals surface area (Å²) < 4.78 is 5.00. The molecule has 0 aliphatic carbocycles. The van der Waals surface area contributed by atoms with Crippen molar-refractivity contribution in [1.82, 2.24) is 0 Å². The Morgan fingerprint density at radius 2 is 2.23 bits per heavy atom. The van der Waals surface area contributed by atoms with Crippen molar-refractivity contribution in [2.45, 2.75) is 20.0 Å². The van der Waals surface area contributed by atoms with Gasteiger partial charge < -0.3 is 10.5 Å². The number of rotatable bonds is 2. The number of carbonyl (C=O) groups is 1. The Morgan fingerprint density at radius 1 is 1.54 bits per heavy atom. The molecular formula is C10H13NO2. The summed E-state index contributed by atoms with van der Waals surface area (Å²) in [4.78, 5) is 10.7. The predicted octanol–water partition coefficient (Wildman–Crippen LogP) is 1.89. The molecule has 0 amide bonds.